The van der Waals surface area contributed by atoms with Gasteiger partial charge in [0.25, 0.3) is 5.03 Å². The zero-order chi connectivity index (χ0) is 21.6. The molecule has 1 N–H and O–H groups in total. The molecule has 0 aromatic heterocycles. The summed E-state index contributed by atoms with van der Waals surface area (Å²) in [7, 11) is 1.70. The van der Waals surface area contributed by atoms with E-state index in [9.17, 15) is 15.2 Å². The number of methoxy groups -OCH3 is 1. The Morgan fingerprint density at radius 3 is 2.87 bits per heavy atom. The standard InChI is InChI=1S/C22H31N4O4S/c1-30-18-6-3-2-5-17(18)24-12-10-23(11-13-24)9-8-20-25(28)21-15-22(16-31-21)19(27)7-4-14-26(20,22)29/h2-3,5-6,15,19-20,27H,4,7-14,16H2,1H3/q+1. The zero-order valence-electron chi connectivity index (χ0n) is 18.0. The predicted molar refractivity (Wildman–Crippen MR) is 121 cm³/mol. The van der Waals surface area contributed by atoms with Crippen molar-refractivity contribution in [3.8, 4) is 5.75 Å². The summed E-state index contributed by atoms with van der Waals surface area (Å²) in [6.45, 7) is 4.66. The van der Waals surface area contributed by atoms with E-state index in [2.05, 4.69) is 15.9 Å². The quantitative estimate of drug-likeness (QED) is 0.421. The molecule has 168 valence electrons. The Morgan fingerprint density at radius 1 is 1.32 bits per heavy atom. The van der Waals surface area contributed by atoms with Crippen molar-refractivity contribution in [2.24, 2.45) is 0 Å². The van der Waals surface area contributed by atoms with Gasteiger partial charge in [-0.15, -0.1) is 0 Å². The van der Waals surface area contributed by atoms with E-state index < -0.39 is 22.5 Å². The van der Waals surface area contributed by atoms with Crippen LogP contribution >= 0.6 is 11.8 Å². The molecule has 4 atom stereocenters. The van der Waals surface area contributed by atoms with E-state index in [1.807, 2.05) is 18.2 Å². The molecule has 5 rings (SSSR count). The fraction of sp³-hybridized carbons (Fsp3) is 0.636. The van der Waals surface area contributed by atoms with E-state index in [0.717, 1.165) is 48.9 Å². The number of nitroso groups, excluding NO2 is 1. The summed E-state index contributed by atoms with van der Waals surface area (Å²) in [6.07, 6.45) is 2.28. The van der Waals surface area contributed by atoms with Crippen LogP contribution in [0.25, 0.3) is 0 Å². The number of piperazine rings is 1. The van der Waals surface area contributed by atoms with E-state index in [1.165, 1.54) is 11.8 Å². The van der Waals surface area contributed by atoms with Crippen LogP contribution in [0.4, 0.5) is 5.69 Å². The predicted octanol–water partition coefficient (Wildman–Crippen LogP) is 2.12. The van der Waals surface area contributed by atoms with Gasteiger partial charge >= 0.3 is 6.17 Å². The first-order chi connectivity index (χ1) is 15.0. The number of ether oxygens (including phenoxy) is 1. The van der Waals surface area contributed by atoms with Crippen LogP contribution in [-0.2, 0) is 0 Å². The largest absolute Gasteiger partial charge is 0.627 e. The van der Waals surface area contributed by atoms with Gasteiger partial charge in [-0.25, -0.2) is 0 Å². The molecule has 4 aliphatic heterocycles. The molecule has 0 saturated carbocycles. The Balaban J connectivity index is 1.25. The third-order valence-electron chi connectivity index (χ3n) is 7.55. The monoisotopic (exact) mass is 447 g/mol. The Hall–Kier alpha value is -1.65. The molecule has 4 aliphatic rings. The van der Waals surface area contributed by atoms with Crippen LogP contribution in [0.5, 0.6) is 5.75 Å². The third kappa shape index (κ3) is 3.29. The number of hydrogen-bond acceptors (Lipinski definition) is 7. The van der Waals surface area contributed by atoms with Gasteiger partial charge in [-0.2, -0.15) is 0 Å². The smallest absolute Gasteiger partial charge is 0.335 e. The Morgan fingerprint density at radius 2 is 2.10 bits per heavy atom. The van der Waals surface area contributed by atoms with E-state index in [-0.39, 0.29) is 0 Å². The van der Waals surface area contributed by atoms with E-state index in [4.69, 9.17) is 4.74 Å². The average molecular weight is 448 g/mol. The van der Waals surface area contributed by atoms with E-state index >= 15 is 0 Å². The lowest BCUT2D eigenvalue weighted by atomic mass is 9.82. The van der Waals surface area contributed by atoms with Gasteiger partial charge in [0.05, 0.1) is 42.4 Å². The van der Waals surface area contributed by atoms with Crippen molar-refractivity contribution in [1.29, 1.82) is 0 Å². The minimum Gasteiger partial charge on any atom is -0.627 e. The van der Waals surface area contributed by atoms with Gasteiger partial charge in [-0.1, -0.05) is 12.1 Å². The van der Waals surface area contributed by atoms with Crippen LogP contribution < -0.4 is 9.64 Å². The third-order valence-corrected chi connectivity index (χ3v) is 8.75. The SMILES string of the molecule is COc1ccccc1N1CCN(CCC2[N+](=O)C3=CC4(CS3)C(O)CCC[N+]24[O-])CC1. The minimum atomic E-state index is -0.841. The Labute approximate surface area is 187 Å². The number of piperidine rings is 1. The molecule has 2 saturated heterocycles. The van der Waals surface area contributed by atoms with Crippen molar-refractivity contribution in [3.63, 3.8) is 0 Å². The fourth-order valence-corrected chi connectivity index (χ4v) is 7.13. The maximum atomic E-state index is 14.1. The van der Waals surface area contributed by atoms with Crippen LogP contribution in [0, 0.1) is 10.1 Å². The minimum absolute atomic E-state index is 0.409. The van der Waals surface area contributed by atoms with Crippen LogP contribution in [0.15, 0.2) is 35.4 Å². The van der Waals surface area contributed by atoms with E-state index in [0.29, 0.717) is 36.6 Å². The Bertz CT molecular complexity index is 890. The molecule has 4 unspecified atom stereocenters. The summed E-state index contributed by atoms with van der Waals surface area (Å²) in [5, 5.41) is 25.4. The molecular formula is C22H31N4O4S+. The summed E-state index contributed by atoms with van der Waals surface area (Å²) in [6, 6.07) is 8.07. The molecule has 1 spiro atoms. The van der Waals surface area contributed by atoms with Gasteiger partial charge in [0.15, 0.2) is 5.54 Å². The molecular weight excluding hydrogens is 416 g/mol. The number of quaternary nitrogens is 1. The molecule has 0 aliphatic carbocycles. The molecule has 1 aromatic carbocycles. The summed E-state index contributed by atoms with van der Waals surface area (Å²) in [5.41, 5.74) is 0.267. The van der Waals surface area contributed by atoms with Gasteiger partial charge in [0, 0.05) is 37.6 Å². The number of benzene rings is 1. The van der Waals surface area contributed by atoms with Crippen LogP contribution in [-0.4, -0.2) is 89.4 Å². The average Bonchev–Trinajstić information content (AvgIpc) is 3.22. The summed E-state index contributed by atoms with van der Waals surface area (Å²) < 4.78 is 5.86. The number of thioether (sulfide) groups is 1. The fourth-order valence-electron chi connectivity index (χ4n) is 5.72. The van der Waals surface area contributed by atoms with Crippen molar-refractivity contribution in [2.45, 2.75) is 37.1 Å². The van der Waals surface area contributed by atoms with Crippen molar-refractivity contribution in [2.75, 3.05) is 57.0 Å². The zero-order valence-corrected chi connectivity index (χ0v) is 18.8. The molecule has 2 fully saturated rings. The van der Waals surface area contributed by atoms with Crippen molar-refractivity contribution in [1.82, 2.24) is 4.90 Å². The van der Waals surface area contributed by atoms with Gasteiger partial charge in [-0.3, -0.25) is 9.55 Å². The highest BCUT2D eigenvalue weighted by Gasteiger charge is 2.67. The first-order valence-corrected chi connectivity index (χ1v) is 12.2. The van der Waals surface area contributed by atoms with Gasteiger partial charge in [0.2, 0.25) is 0 Å². The van der Waals surface area contributed by atoms with Crippen molar-refractivity contribution in [3.05, 3.63) is 45.5 Å². The highest BCUT2D eigenvalue weighted by atomic mass is 32.2. The number of rotatable bonds is 5. The van der Waals surface area contributed by atoms with Gasteiger partial charge in [-0.05, 0) is 36.7 Å². The second-order valence-electron chi connectivity index (χ2n) is 9.04. The summed E-state index contributed by atoms with van der Waals surface area (Å²) in [5.74, 6) is 1.40. The molecule has 4 heterocycles. The van der Waals surface area contributed by atoms with Crippen LogP contribution in [0.1, 0.15) is 19.3 Å². The number of nitrogens with zero attached hydrogens (tertiary/aromatic N) is 4. The van der Waals surface area contributed by atoms with Crippen LogP contribution in [0.3, 0.4) is 0 Å². The molecule has 2 bridgehead atoms. The normalized spacial score (nSPS) is 35.6. The maximum absolute atomic E-state index is 14.1. The van der Waals surface area contributed by atoms with Crippen molar-refractivity contribution < 1.29 is 19.2 Å². The first-order valence-electron chi connectivity index (χ1n) is 11.2. The molecule has 0 radical (unpaired) electrons. The number of anilines is 1. The first kappa shape index (κ1) is 21.2. The topological polar surface area (TPSA) is 79.1 Å². The number of para-hydroxylation sites is 2. The lowest BCUT2D eigenvalue weighted by molar-refractivity contribution is -1.03. The molecule has 31 heavy (non-hydrogen) atoms. The second-order valence-corrected chi connectivity index (χ2v) is 10.0. The molecule has 9 heteroatoms. The summed E-state index contributed by atoms with van der Waals surface area (Å²) in [4.78, 5) is 17.7. The lowest BCUT2D eigenvalue weighted by Gasteiger charge is -2.58. The van der Waals surface area contributed by atoms with Gasteiger partial charge < -0.3 is 20.0 Å². The van der Waals surface area contributed by atoms with E-state index in [1.54, 1.807) is 13.2 Å². The summed E-state index contributed by atoms with van der Waals surface area (Å²) >= 11 is 1.43. The number of aliphatic hydroxyl groups excluding tert-OH is 1. The number of hydroxylamine groups is 3. The van der Waals surface area contributed by atoms with Crippen molar-refractivity contribution >= 4 is 17.4 Å². The molecule has 8 nitrogen and oxygen atoms in total. The number of hydrogen-bond donors (Lipinski definition) is 1. The Kier molecular flexibility index (Phi) is 5.50. The highest BCUT2D eigenvalue weighted by Crippen LogP contribution is 2.52. The highest BCUT2D eigenvalue weighted by molar-refractivity contribution is 8.03. The molecule has 0 amide bonds. The number of aliphatic hydroxyl groups is 1. The van der Waals surface area contributed by atoms with Crippen LogP contribution in [0.2, 0.25) is 0 Å². The van der Waals surface area contributed by atoms with Gasteiger partial charge in [0.1, 0.15) is 11.9 Å². The maximum Gasteiger partial charge on any atom is 0.335 e. The second kappa shape index (κ2) is 8.04. The lowest BCUT2D eigenvalue weighted by Crippen LogP contribution is -2.75. The molecule has 1 aromatic rings.